The van der Waals surface area contributed by atoms with Gasteiger partial charge in [0.15, 0.2) is 0 Å². The van der Waals surface area contributed by atoms with Gasteiger partial charge in [-0.05, 0) is 49.7 Å². The van der Waals surface area contributed by atoms with Gasteiger partial charge in [-0.3, -0.25) is 4.99 Å². The van der Waals surface area contributed by atoms with Crippen LogP contribution in [0.25, 0.3) is 0 Å². The van der Waals surface area contributed by atoms with Crippen LogP contribution in [0.15, 0.2) is 11.1 Å². The first-order chi connectivity index (χ1) is 9.43. The Labute approximate surface area is 121 Å². The smallest absolute Gasteiger partial charge is 0.128 e. The van der Waals surface area contributed by atoms with Crippen molar-refractivity contribution in [2.24, 2.45) is 16.8 Å². The lowest BCUT2D eigenvalue weighted by Crippen LogP contribution is -2.08. The van der Waals surface area contributed by atoms with Crippen molar-refractivity contribution in [3.63, 3.8) is 0 Å². The monoisotopic (exact) mass is 275 g/mol. The molecule has 1 atom stereocenters. The van der Waals surface area contributed by atoms with Gasteiger partial charge >= 0.3 is 0 Å². The van der Waals surface area contributed by atoms with E-state index in [1.54, 1.807) is 13.2 Å². The molecular weight excluding hydrogens is 250 g/mol. The topological polar surface area (TPSA) is 41.8 Å². The number of methoxy groups -OCH3 is 1. The average Bonchev–Trinajstić information content (AvgIpc) is 2.81. The first-order valence-electron chi connectivity index (χ1n) is 7.38. The predicted octanol–water partition coefficient (Wildman–Crippen LogP) is 3.60. The highest BCUT2D eigenvalue weighted by molar-refractivity contribution is 5.87. The Balaban J connectivity index is 2.48. The van der Waals surface area contributed by atoms with E-state index in [-0.39, 0.29) is 11.8 Å². The number of hydrogen-bond donors (Lipinski definition) is 1. The standard InChI is InChI=1S/C17H25NO2/c1-10(2)12-6-13-14(7-12)17(20-5)8-16(19)15(13)9-18-11(3)4/h8-12,19H,6-7H2,1-5H3. The van der Waals surface area contributed by atoms with Crippen LogP contribution >= 0.6 is 0 Å². The second-order valence-electron chi connectivity index (χ2n) is 6.25. The summed E-state index contributed by atoms with van der Waals surface area (Å²) < 4.78 is 5.44. The molecule has 3 heteroatoms. The third kappa shape index (κ3) is 2.82. The summed E-state index contributed by atoms with van der Waals surface area (Å²) in [5.41, 5.74) is 3.33. The second kappa shape index (κ2) is 5.86. The minimum atomic E-state index is 0.231. The molecule has 1 unspecified atom stereocenters. The zero-order valence-electron chi connectivity index (χ0n) is 13.1. The Morgan fingerprint density at radius 2 is 1.90 bits per heavy atom. The molecule has 1 aromatic rings. The normalized spacial score (nSPS) is 18.2. The van der Waals surface area contributed by atoms with Crippen molar-refractivity contribution in [1.29, 1.82) is 0 Å². The van der Waals surface area contributed by atoms with Gasteiger partial charge in [-0.2, -0.15) is 0 Å². The number of ether oxygens (including phenoxy) is 1. The van der Waals surface area contributed by atoms with Crippen molar-refractivity contribution in [2.75, 3.05) is 7.11 Å². The van der Waals surface area contributed by atoms with E-state index < -0.39 is 0 Å². The lowest BCUT2D eigenvalue weighted by atomic mass is 9.93. The van der Waals surface area contributed by atoms with E-state index in [2.05, 4.69) is 18.8 Å². The molecule has 1 aliphatic rings. The Morgan fingerprint density at radius 3 is 2.45 bits per heavy atom. The first kappa shape index (κ1) is 14.9. The highest BCUT2D eigenvalue weighted by Crippen LogP contribution is 2.41. The number of phenolic OH excluding ortho intramolecular Hbond substituents is 1. The molecule has 0 bridgehead atoms. The van der Waals surface area contributed by atoms with Gasteiger partial charge in [0.05, 0.1) is 7.11 Å². The van der Waals surface area contributed by atoms with Crippen LogP contribution in [0, 0.1) is 11.8 Å². The average molecular weight is 275 g/mol. The summed E-state index contributed by atoms with van der Waals surface area (Å²) in [7, 11) is 1.67. The van der Waals surface area contributed by atoms with Crippen LogP contribution in [-0.4, -0.2) is 24.5 Å². The highest BCUT2D eigenvalue weighted by atomic mass is 16.5. The maximum atomic E-state index is 10.3. The fourth-order valence-electron chi connectivity index (χ4n) is 2.83. The molecular formula is C17H25NO2. The van der Waals surface area contributed by atoms with Crippen molar-refractivity contribution in [1.82, 2.24) is 0 Å². The molecule has 20 heavy (non-hydrogen) atoms. The van der Waals surface area contributed by atoms with E-state index in [0.717, 1.165) is 24.2 Å². The largest absolute Gasteiger partial charge is 0.507 e. The molecule has 2 rings (SSSR count). The Hall–Kier alpha value is -1.51. The number of nitrogens with zero attached hydrogens (tertiary/aromatic N) is 1. The maximum absolute atomic E-state index is 10.3. The zero-order chi connectivity index (χ0) is 14.9. The lowest BCUT2D eigenvalue weighted by molar-refractivity contribution is 0.388. The molecule has 1 aliphatic carbocycles. The van der Waals surface area contributed by atoms with E-state index in [1.807, 2.05) is 20.1 Å². The van der Waals surface area contributed by atoms with Crippen LogP contribution in [0.5, 0.6) is 11.5 Å². The molecule has 0 amide bonds. The van der Waals surface area contributed by atoms with Crippen LogP contribution in [0.3, 0.4) is 0 Å². The molecule has 0 aliphatic heterocycles. The van der Waals surface area contributed by atoms with Crippen molar-refractivity contribution in [3.05, 3.63) is 22.8 Å². The van der Waals surface area contributed by atoms with E-state index >= 15 is 0 Å². The molecule has 3 nitrogen and oxygen atoms in total. The van der Waals surface area contributed by atoms with Crippen LogP contribution in [-0.2, 0) is 12.8 Å². The van der Waals surface area contributed by atoms with Gasteiger partial charge in [-0.15, -0.1) is 0 Å². The van der Waals surface area contributed by atoms with Crippen LogP contribution in [0.4, 0.5) is 0 Å². The number of aliphatic imine (C=N–C) groups is 1. The van der Waals surface area contributed by atoms with Gasteiger partial charge in [-0.1, -0.05) is 13.8 Å². The maximum Gasteiger partial charge on any atom is 0.128 e. The number of aromatic hydroxyl groups is 1. The Bertz CT molecular complexity index is 518. The van der Waals surface area contributed by atoms with Gasteiger partial charge in [0.1, 0.15) is 11.5 Å². The van der Waals surface area contributed by atoms with Crippen LogP contribution in [0.2, 0.25) is 0 Å². The molecule has 110 valence electrons. The molecule has 1 N–H and O–H groups in total. The Kier molecular flexibility index (Phi) is 4.36. The molecule has 0 heterocycles. The van der Waals surface area contributed by atoms with Gasteiger partial charge in [0, 0.05) is 23.9 Å². The summed E-state index contributed by atoms with van der Waals surface area (Å²) >= 11 is 0. The van der Waals surface area contributed by atoms with Crippen LogP contribution in [0.1, 0.15) is 44.4 Å². The minimum absolute atomic E-state index is 0.231. The summed E-state index contributed by atoms with van der Waals surface area (Å²) in [6.45, 7) is 8.58. The van der Waals surface area contributed by atoms with E-state index in [4.69, 9.17) is 4.74 Å². The summed E-state index contributed by atoms with van der Waals surface area (Å²) in [5, 5.41) is 10.3. The number of rotatable bonds is 4. The van der Waals surface area contributed by atoms with E-state index in [0.29, 0.717) is 11.8 Å². The van der Waals surface area contributed by atoms with Gasteiger partial charge < -0.3 is 9.84 Å². The van der Waals surface area contributed by atoms with E-state index in [1.165, 1.54) is 11.1 Å². The molecule has 0 spiro atoms. The predicted molar refractivity (Wildman–Crippen MR) is 83.1 cm³/mol. The Morgan fingerprint density at radius 1 is 1.25 bits per heavy atom. The van der Waals surface area contributed by atoms with Crippen molar-refractivity contribution >= 4 is 6.21 Å². The zero-order valence-corrected chi connectivity index (χ0v) is 13.1. The number of benzene rings is 1. The molecule has 0 saturated heterocycles. The first-order valence-corrected chi connectivity index (χ1v) is 7.38. The van der Waals surface area contributed by atoms with Gasteiger partial charge in [0.2, 0.25) is 0 Å². The molecule has 0 aromatic heterocycles. The van der Waals surface area contributed by atoms with Crippen LogP contribution < -0.4 is 4.74 Å². The summed E-state index contributed by atoms with van der Waals surface area (Å²) in [4.78, 5) is 4.43. The fourth-order valence-corrected chi connectivity index (χ4v) is 2.83. The van der Waals surface area contributed by atoms with E-state index in [9.17, 15) is 5.11 Å². The fraction of sp³-hybridized carbons (Fsp3) is 0.588. The third-order valence-corrected chi connectivity index (χ3v) is 4.13. The molecule has 1 aromatic carbocycles. The molecule has 0 fully saturated rings. The second-order valence-corrected chi connectivity index (χ2v) is 6.25. The number of fused-ring (bicyclic) bond motifs is 1. The van der Waals surface area contributed by atoms with Crippen molar-refractivity contribution in [2.45, 2.75) is 46.6 Å². The summed E-state index contributed by atoms with van der Waals surface area (Å²) in [6.07, 6.45) is 3.84. The number of phenols is 1. The van der Waals surface area contributed by atoms with Gasteiger partial charge in [0.25, 0.3) is 0 Å². The highest BCUT2D eigenvalue weighted by Gasteiger charge is 2.30. The minimum Gasteiger partial charge on any atom is -0.507 e. The molecule has 0 radical (unpaired) electrons. The quantitative estimate of drug-likeness (QED) is 0.853. The summed E-state index contributed by atoms with van der Waals surface area (Å²) in [5.74, 6) is 2.33. The third-order valence-electron chi connectivity index (χ3n) is 4.13. The SMILES string of the molecule is COc1cc(O)c(C=NC(C)C)c2c1CC(C(C)C)C2. The van der Waals surface area contributed by atoms with Gasteiger partial charge in [-0.25, -0.2) is 0 Å². The summed E-state index contributed by atoms with van der Waals surface area (Å²) in [6, 6.07) is 1.96. The molecule has 0 saturated carbocycles. The van der Waals surface area contributed by atoms with Crippen molar-refractivity contribution < 1.29 is 9.84 Å². The number of hydrogen-bond acceptors (Lipinski definition) is 3. The lowest BCUT2D eigenvalue weighted by Gasteiger charge is -2.12. The van der Waals surface area contributed by atoms with Crippen molar-refractivity contribution in [3.8, 4) is 11.5 Å².